The molecule has 2 N–H and O–H groups in total. The number of nitrogens with one attached hydrogen (secondary N) is 1. The lowest BCUT2D eigenvalue weighted by Gasteiger charge is -2.15. The molecule has 0 heterocycles. The Hall–Kier alpha value is -3.40. The first-order chi connectivity index (χ1) is 12.6. The van der Waals surface area contributed by atoms with E-state index < -0.39 is 12.0 Å². The maximum atomic E-state index is 12.2. The molecule has 0 spiro atoms. The van der Waals surface area contributed by atoms with E-state index in [0.717, 1.165) is 16.7 Å². The van der Waals surface area contributed by atoms with Crippen molar-refractivity contribution in [1.82, 2.24) is 5.32 Å². The Labute approximate surface area is 152 Å². The van der Waals surface area contributed by atoms with Crippen molar-refractivity contribution in [1.29, 1.82) is 0 Å². The molecule has 1 atom stereocenters. The van der Waals surface area contributed by atoms with Crippen LogP contribution in [0.4, 0.5) is 0 Å². The molecule has 0 fully saturated rings. The Kier molecular flexibility index (Phi) is 5.44. The monoisotopic (exact) mass is 345 g/mol. The number of aliphatic carboxylic acids is 1. The van der Waals surface area contributed by atoms with E-state index in [2.05, 4.69) is 5.32 Å². The summed E-state index contributed by atoms with van der Waals surface area (Å²) < 4.78 is 0. The predicted octanol–water partition coefficient (Wildman–Crippen LogP) is 3.78. The highest BCUT2D eigenvalue weighted by molar-refractivity contribution is 5.96. The SMILES string of the molecule is O=C(N[C@H](Cc1ccc(-c2ccccc2)cc1)C(=O)O)c1ccccc1. The number of hydrogen-bond acceptors (Lipinski definition) is 2. The molecule has 1 amide bonds. The Morgan fingerprint density at radius 1 is 0.769 bits per heavy atom. The molecule has 3 aromatic rings. The van der Waals surface area contributed by atoms with Gasteiger partial charge in [0.1, 0.15) is 6.04 Å². The first-order valence-electron chi connectivity index (χ1n) is 8.36. The van der Waals surface area contributed by atoms with Gasteiger partial charge < -0.3 is 10.4 Å². The predicted molar refractivity (Wildman–Crippen MR) is 101 cm³/mol. The summed E-state index contributed by atoms with van der Waals surface area (Å²) in [4.78, 5) is 23.8. The fourth-order valence-electron chi connectivity index (χ4n) is 2.73. The second-order valence-electron chi connectivity index (χ2n) is 6.00. The Bertz CT molecular complexity index is 874. The van der Waals surface area contributed by atoms with E-state index >= 15 is 0 Å². The van der Waals surface area contributed by atoms with Gasteiger partial charge in [-0.25, -0.2) is 4.79 Å². The molecule has 0 saturated heterocycles. The van der Waals surface area contributed by atoms with E-state index in [1.807, 2.05) is 54.6 Å². The molecule has 0 aliphatic heterocycles. The summed E-state index contributed by atoms with van der Waals surface area (Å²) in [6, 6.07) is 25.3. The van der Waals surface area contributed by atoms with E-state index in [1.165, 1.54) is 0 Å². The van der Waals surface area contributed by atoms with E-state index in [-0.39, 0.29) is 12.3 Å². The zero-order chi connectivity index (χ0) is 18.4. The molecule has 3 aromatic carbocycles. The molecule has 0 bridgehead atoms. The minimum absolute atomic E-state index is 0.225. The molecular formula is C22H19NO3. The van der Waals surface area contributed by atoms with Crippen LogP contribution in [0.5, 0.6) is 0 Å². The number of benzene rings is 3. The smallest absolute Gasteiger partial charge is 0.326 e. The highest BCUT2D eigenvalue weighted by Crippen LogP contribution is 2.19. The van der Waals surface area contributed by atoms with Gasteiger partial charge >= 0.3 is 5.97 Å². The van der Waals surface area contributed by atoms with Crippen molar-refractivity contribution in [2.24, 2.45) is 0 Å². The third-order valence-corrected chi connectivity index (χ3v) is 4.14. The lowest BCUT2D eigenvalue weighted by Crippen LogP contribution is -2.42. The van der Waals surface area contributed by atoms with Crippen LogP contribution in [-0.2, 0) is 11.2 Å². The summed E-state index contributed by atoms with van der Waals surface area (Å²) in [6.07, 6.45) is 0.225. The maximum absolute atomic E-state index is 12.2. The van der Waals surface area contributed by atoms with E-state index in [4.69, 9.17) is 0 Å². The van der Waals surface area contributed by atoms with Crippen molar-refractivity contribution in [2.75, 3.05) is 0 Å². The second kappa shape index (κ2) is 8.12. The Morgan fingerprint density at radius 3 is 1.88 bits per heavy atom. The lowest BCUT2D eigenvalue weighted by atomic mass is 10.0. The lowest BCUT2D eigenvalue weighted by molar-refractivity contribution is -0.139. The van der Waals surface area contributed by atoms with Crippen molar-refractivity contribution in [3.8, 4) is 11.1 Å². The van der Waals surface area contributed by atoms with Crippen LogP contribution in [0.2, 0.25) is 0 Å². The second-order valence-corrected chi connectivity index (χ2v) is 6.00. The molecule has 0 aliphatic rings. The maximum Gasteiger partial charge on any atom is 0.326 e. The van der Waals surface area contributed by atoms with Gasteiger partial charge in [-0.1, -0.05) is 72.8 Å². The van der Waals surface area contributed by atoms with Crippen molar-refractivity contribution in [2.45, 2.75) is 12.5 Å². The molecule has 0 aromatic heterocycles. The molecule has 0 saturated carbocycles. The fourth-order valence-corrected chi connectivity index (χ4v) is 2.73. The number of carbonyl (C=O) groups is 2. The number of carboxylic acids is 1. The van der Waals surface area contributed by atoms with Crippen molar-refractivity contribution < 1.29 is 14.7 Å². The highest BCUT2D eigenvalue weighted by Gasteiger charge is 2.21. The van der Waals surface area contributed by atoms with Crippen LogP contribution in [-0.4, -0.2) is 23.0 Å². The Morgan fingerprint density at radius 2 is 1.31 bits per heavy atom. The molecule has 0 unspecified atom stereocenters. The van der Waals surface area contributed by atoms with Crippen LogP contribution in [0.1, 0.15) is 15.9 Å². The summed E-state index contributed by atoms with van der Waals surface area (Å²) >= 11 is 0. The molecule has 0 aliphatic carbocycles. The van der Waals surface area contributed by atoms with Crippen LogP contribution in [0.3, 0.4) is 0 Å². The van der Waals surface area contributed by atoms with Gasteiger partial charge in [0.25, 0.3) is 5.91 Å². The molecule has 3 rings (SSSR count). The zero-order valence-electron chi connectivity index (χ0n) is 14.1. The average Bonchev–Trinajstić information content (AvgIpc) is 2.69. The first kappa shape index (κ1) is 17.4. The van der Waals surface area contributed by atoms with Crippen molar-refractivity contribution >= 4 is 11.9 Å². The summed E-state index contributed by atoms with van der Waals surface area (Å²) in [5, 5.41) is 12.0. The highest BCUT2D eigenvalue weighted by atomic mass is 16.4. The number of amides is 1. The standard InChI is InChI=1S/C22H19NO3/c24-21(19-9-5-2-6-10-19)23-20(22(25)26)15-16-11-13-18(14-12-16)17-7-3-1-4-8-17/h1-14,20H,15H2,(H,23,24)(H,25,26)/t20-/m1/s1. The minimum atomic E-state index is -1.05. The van der Waals surface area contributed by atoms with Gasteiger partial charge in [-0.15, -0.1) is 0 Å². The third-order valence-electron chi connectivity index (χ3n) is 4.14. The van der Waals surface area contributed by atoms with Gasteiger partial charge in [-0.05, 0) is 28.8 Å². The van der Waals surface area contributed by atoms with Gasteiger partial charge in [0.15, 0.2) is 0 Å². The third kappa shape index (κ3) is 4.36. The van der Waals surface area contributed by atoms with Gasteiger partial charge in [-0.3, -0.25) is 4.79 Å². The topological polar surface area (TPSA) is 66.4 Å². The van der Waals surface area contributed by atoms with Gasteiger partial charge in [0.2, 0.25) is 0 Å². The number of carboxylic acid groups (broad SMARTS) is 1. The first-order valence-corrected chi connectivity index (χ1v) is 8.36. The van der Waals surface area contributed by atoms with Crippen LogP contribution in [0, 0.1) is 0 Å². The fraction of sp³-hybridized carbons (Fsp3) is 0.0909. The molecule has 4 heteroatoms. The molecule has 26 heavy (non-hydrogen) atoms. The van der Waals surface area contributed by atoms with Crippen LogP contribution >= 0.6 is 0 Å². The Balaban J connectivity index is 1.70. The molecule has 0 radical (unpaired) electrons. The van der Waals surface area contributed by atoms with E-state index in [9.17, 15) is 14.7 Å². The number of hydrogen-bond donors (Lipinski definition) is 2. The largest absolute Gasteiger partial charge is 0.480 e. The zero-order valence-corrected chi connectivity index (χ0v) is 14.1. The molecule has 4 nitrogen and oxygen atoms in total. The summed E-state index contributed by atoms with van der Waals surface area (Å²) in [5.74, 6) is -1.44. The van der Waals surface area contributed by atoms with Gasteiger partial charge in [0, 0.05) is 12.0 Å². The van der Waals surface area contributed by atoms with Crippen molar-refractivity contribution in [3.63, 3.8) is 0 Å². The van der Waals surface area contributed by atoms with E-state index in [1.54, 1.807) is 30.3 Å². The number of rotatable bonds is 6. The minimum Gasteiger partial charge on any atom is -0.480 e. The normalized spacial score (nSPS) is 11.5. The van der Waals surface area contributed by atoms with Crippen LogP contribution in [0.25, 0.3) is 11.1 Å². The van der Waals surface area contributed by atoms with Gasteiger partial charge in [0.05, 0.1) is 0 Å². The quantitative estimate of drug-likeness (QED) is 0.714. The van der Waals surface area contributed by atoms with Crippen LogP contribution < -0.4 is 5.32 Å². The average molecular weight is 345 g/mol. The van der Waals surface area contributed by atoms with Crippen molar-refractivity contribution in [3.05, 3.63) is 96.1 Å². The van der Waals surface area contributed by atoms with Crippen LogP contribution in [0.15, 0.2) is 84.9 Å². The van der Waals surface area contributed by atoms with E-state index in [0.29, 0.717) is 5.56 Å². The summed E-state index contributed by atoms with van der Waals surface area (Å²) in [5.41, 5.74) is 3.46. The summed E-state index contributed by atoms with van der Waals surface area (Å²) in [6.45, 7) is 0. The van der Waals surface area contributed by atoms with Gasteiger partial charge in [-0.2, -0.15) is 0 Å². The number of carbonyl (C=O) groups excluding carboxylic acids is 1. The molecular weight excluding hydrogens is 326 g/mol. The summed E-state index contributed by atoms with van der Waals surface area (Å²) in [7, 11) is 0. The molecule has 130 valence electrons.